The normalized spacial score (nSPS) is 23.8. The molecule has 4 saturated heterocycles. The van der Waals surface area contributed by atoms with Gasteiger partial charge in [0.15, 0.2) is 0 Å². The van der Waals surface area contributed by atoms with Crippen LogP contribution in [0.2, 0.25) is 0 Å². The molecule has 0 spiro atoms. The number of piperidine rings is 2. The lowest BCUT2D eigenvalue weighted by atomic mass is 9.92. The van der Waals surface area contributed by atoms with E-state index in [2.05, 4.69) is 46.4 Å². The molecular weight excluding hydrogens is 462 g/mol. The first-order chi connectivity index (χ1) is 18.1. The quantitative estimate of drug-likeness (QED) is 0.420. The molecule has 1 aromatic heterocycles. The molecule has 0 radical (unpaired) electrons. The Bertz CT molecular complexity index is 1470. The van der Waals surface area contributed by atoms with Crippen LogP contribution in [0.3, 0.4) is 0 Å². The molecule has 4 aliphatic heterocycles. The number of hydrogen-bond acceptors (Lipinski definition) is 7. The third-order valence-electron chi connectivity index (χ3n) is 8.51. The summed E-state index contributed by atoms with van der Waals surface area (Å²) in [6, 6.07) is 20.0. The minimum Gasteiger partial charge on any atom is -0.508 e. The zero-order valence-electron chi connectivity index (χ0n) is 21.2. The van der Waals surface area contributed by atoms with Crippen LogP contribution in [-0.4, -0.2) is 71.4 Å². The average Bonchev–Trinajstić information content (AvgIpc) is 3.35. The summed E-state index contributed by atoms with van der Waals surface area (Å²) in [5, 5.41) is 17.3. The third-order valence-corrected chi connectivity index (χ3v) is 8.51. The summed E-state index contributed by atoms with van der Waals surface area (Å²) in [4.78, 5) is 14.7. The van der Waals surface area contributed by atoms with Gasteiger partial charge in [0.1, 0.15) is 18.2 Å². The maximum atomic E-state index is 10.4. The van der Waals surface area contributed by atoms with E-state index in [0.717, 1.165) is 64.7 Å². The van der Waals surface area contributed by atoms with Gasteiger partial charge in [-0.05, 0) is 85.4 Å². The van der Waals surface area contributed by atoms with Crippen molar-refractivity contribution in [1.82, 2.24) is 20.2 Å². The monoisotopic (exact) mass is 495 g/mol. The van der Waals surface area contributed by atoms with Gasteiger partial charge in [-0.15, -0.1) is 0 Å². The summed E-state index contributed by atoms with van der Waals surface area (Å²) >= 11 is 0. The van der Waals surface area contributed by atoms with E-state index in [1.54, 1.807) is 0 Å². The van der Waals surface area contributed by atoms with Gasteiger partial charge in [-0.25, -0.2) is 0 Å². The molecule has 0 amide bonds. The van der Waals surface area contributed by atoms with E-state index in [0.29, 0.717) is 30.7 Å². The molecule has 2 N–H and O–H groups in total. The highest BCUT2D eigenvalue weighted by Gasteiger charge is 2.35. The number of likely N-dealkylation sites (tertiary alicyclic amines) is 1. The number of hydrogen-bond donors (Lipinski definition) is 2. The molecule has 5 heterocycles. The number of aromatic nitrogens is 2. The van der Waals surface area contributed by atoms with Crippen LogP contribution in [0, 0.1) is 0 Å². The predicted octanol–water partition coefficient (Wildman–Crippen LogP) is 4.57. The van der Waals surface area contributed by atoms with Crippen LogP contribution in [0.5, 0.6) is 11.8 Å². The summed E-state index contributed by atoms with van der Waals surface area (Å²) in [6.45, 7) is 3.67. The number of phenols is 1. The van der Waals surface area contributed by atoms with Crippen molar-refractivity contribution in [2.45, 2.75) is 43.8 Å². The molecule has 7 heteroatoms. The highest BCUT2D eigenvalue weighted by Crippen LogP contribution is 2.37. The molecule has 4 aromatic rings. The van der Waals surface area contributed by atoms with Crippen LogP contribution in [0.15, 0.2) is 54.6 Å². The van der Waals surface area contributed by atoms with E-state index in [9.17, 15) is 5.11 Å². The lowest BCUT2D eigenvalue weighted by Crippen LogP contribution is -2.61. The third kappa shape index (κ3) is 4.16. The molecule has 0 aliphatic carbocycles. The zero-order chi connectivity index (χ0) is 24.9. The number of rotatable bonds is 5. The van der Waals surface area contributed by atoms with Crippen LogP contribution in [0.4, 0.5) is 5.82 Å². The lowest BCUT2D eigenvalue weighted by Gasteiger charge is -2.46. The van der Waals surface area contributed by atoms with Gasteiger partial charge in [-0.1, -0.05) is 30.3 Å². The van der Waals surface area contributed by atoms with Crippen LogP contribution in [-0.2, 0) is 0 Å². The topological polar surface area (TPSA) is 73.8 Å². The minimum absolute atomic E-state index is 0.263. The highest BCUT2D eigenvalue weighted by atomic mass is 16.5. The van der Waals surface area contributed by atoms with Crippen molar-refractivity contribution in [3.8, 4) is 22.9 Å². The summed E-state index contributed by atoms with van der Waals surface area (Å²) in [5.41, 5.74) is 2.89. The van der Waals surface area contributed by atoms with Crippen molar-refractivity contribution >= 4 is 27.5 Å². The largest absolute Gasteiger partial charge is 0.508 e. The number of nitrogens with one attached hydrogen (secondary N) is 1. The number of anilines is 1. The van der Waals surface area contributed by atoms with E-state index in [1.165, 1.54) is 19.3 Å². The van der Waals surface area contributed by atoms with Crippen molar-refractivity contribution in [1.29, 1.82) is 0 Å². The van der Waals surface area contributed by atoms with Gasteiger partial charge in [-0.3, -0.25) is 0 Å². The Morgan fingerprint density at radius 1 is 1.03 bits per heavy atom. The van der Waals surface area contributed by atoms with Gasteiger partial charge < -0.3 is 25.0 Å². The molecule has 3 atom stereocenters. The number of phenolic OH excluding ortho intramolecular Hbond substituents is 1. The number of likely N-dealkylation sites (N-methyl/N-ethyl adjacent to an activating group) is 1. The van der Waals surface area contributed by atoms with Gasteiger partial charge >= 0.3 is 6.01 Å². The SMILES string of the molecule is CN1CCC[C@H]1COc1nc(N2CC3CCC2CN3)c2ccc(-c3cc(O)cc4ccccc34)cc2n1. The van der Waals surface area contributed by atoms with Crippen LogP contribution < -0.4 is 15.0 Å². The molecule has 7 nitrogen and oxygen atoms in total. The van der Waals surface area contributed by atoms with Crippen LogP contribution >= 0.6 is 0 Å². The fraction of sp³-hybridized carbons (Fsp3) is 0.400. The number of fused-ring (bicyclic) bond motifs is 5. The van der Waals surface area contributed by atoms with Crippen molar-refractivity contribution < 1.29 is 9.84 Å². The second kappa shape index (κ2) is 9.15. The molecule has 4 aliphatic rings. The number of benzene rings is 3. The van der Waals surface area contributed by atoms with E-state index in [4.69, 9.17) is 14.7 Å². The standard InChI is InChI=1S/C30H33N5O2/c1-34-12-4-6-23(34)18-37-30-32-28-14-20(27-15-24(36)13-19-5-2-3-7-25(19)27)8-11-26(28)29(33-30)35-17-21-9-10-22(35)16-31-21/h2-3,5,7-8,11,13-15,21-23,31,36H,4,6,9-10,12,16-18H2,1H3/t21?,22?,23-/m0/s1. The summed E-state index contributed by atoms with van der Waals surface area (Å²) in [7, 11) is 2.16. The number of nitrogens with zero attached hydrogens (tertiary/aromatic N) is 4. The fourth-order valence-electron chi connectivity index (χ4n) is 6.41. The van der Waals surface area contributed by atoms with E-state index in [1.807, 2.05) is 30.3 Å². The number of ether oxygens (including phenoxy) is 1. The van der Waals surface area contributed by atoms with Crippen LogP contribution in [0.1, 0.15) is 25.7 Å². The van der Waals surface area contributed by atoms with Gasteiger partial charge in [-0.2, -0.15) is 9.97 Å². The summed E-state index contributed by atoms with van der Waals surface area (Å²) in [6.07, 6.45) is 4.75. The van der Waals surface area contributed by atoms with Gasteiger partial charge in [0.2, 0.25) is 0 Å². The molecule has 2 unspecified atom stereocenters. The average molecular weight is 496 g/mol. The van der Waals surface area contributed by atoms with Crippen molar-refractivity contribution in [3.05, 3.63) is 54.6 Å². The highest BCUT2D eigenvalue weighted by molar-refractivity contribution is 6.01. The number of aromatic hydroxyl groups is 1. The maximum absolute atomic E-state index is 10.4. The molecule has 0 saturated carbocycles. The maximum Gasteiger partial charge on any atom is 0.319 e. The molecule has 2 bridgehead atoms. The van der Waals surface area contributed by atoms with Gasteiger partial charge in [0, 0.05) is 36.6 Å². The van der Waals surface area contributed by atoms with Crippen molar-refractivity contribution in [2.24, 2.45) is 0 Å². The Morgan fingerprint density at radius 3 is 2.73 bits per heavy atom. The van der Waals surface area contributed by atoms with E-state index >= 15 is 0 Å². The molecule has 3 aromatic carbocycles. The summed E-state index contributed by atoms with van der Waals surface area (Å²) in [5.74, 6) is 1.24. The van der Waals surface area contributed by atoms with E-state index in [-0.39, 0.29) is 5.75 Å². The Kier molecular flexibility index (Phi) is 5.63. The second-order valence-corrected chi connectivity index (χ2v) is 10.9. The molecule has 37 heavy (non-hydrogen) atoms. The van der Waals surface area contributed by atoms with Crippen molar-refractivity contribution in [2.75, 3.05) is 38.2 Å². The van der Waals surface area contributed by atoms with E-state index < -0.39 is 0 Å². The van der Waals surface area contributed by atoms with Gasteiger partial charge in [0.25, 0.3) is 0 Å². The first-order valence-electron chi connectivity index (χ1n) is 13.5. The molecular formula is C30H33N5O2. The van der Waals surface area contributed by atoms with Gasteiger partial charge in [0.05, 0.1) is 5.52 Å². The first-order valence-corrected chi connectivity index (χ1v) is 13.5. The Morgan fingerprint density at radius 2 is 1.95 bits per heavy atom. The van der Waals surface area contributed by atoms with Crippen molar-refractivity contribution in [3.63, 3.8) is 0 Å². The lowest BCUT2D eigenvalue weighted by molar-refractivity contribution is 0.188. The second-order valence-electron chi connectivity index (χ2n) is 10.9. The zero-order valence-corrected chi connectivity index (χ0v) is 21.2. The Hall–Kier alpha value is -3.42. The predicted molar refractivity (Wildman–Crippen MR) is 147 cm³/mol. The van der Waals surface area contributed by atoms with Crippen LogP contribution in [0.25, 0.3) is 32.8 Å². The Balaban J connectivity index is 1.33. The molecule has 4 fully saturated rings. The minimum atomic E-state index is 0.263. The molecule has 190 valence electrons. The molecule has 8 rings (SSSR count). The Labute approximate surface area is 217 Å². The summed E-state index contributed by atoms with van der Waals surface area (Å²) < 4.78 is 6.27. The smallest absolute Gasteiger partial charge is 0.319 e. The first kappa shape index (κ1) is 22.8. The number of piperazine rings is 1. The fourth-order valence-corrected chi connectivity index (χ4v) is 6.41.